The average Bonchev–Trinajstić information content (AvgIpc) is 3.12. The Morgan fingerprint density at radius 3 is 2.58 bits per heavy atom. The first-order valence-electron chi connectivity index (χ1n) is 7.17. The molecule has 3 aromatic rings. The highest BCUT2D eigenvalue weighted by atomic mass is 32.2. The quantitative estimate of drug-likeness (QED) is 0.736. The SMILES string of the molecule is COc1ccc(CNS(=O)(=O)c2cnn(-c3ccccc3)c2)cn1. The van der Waals surface area contributed by atoms with Crippen LogP contribution in [0.2, 0.25) is 0 Å². The third-order valence-electron chi connectivity index (χ3n) is 3.36. The van der Waals surface area contributed by atoms with Gasteiger partial charge < -0.3 is 4.74 Å². The predicted octanol–water partition coefficient (Wildman–Crippen LogP) is 1.75. The number of pyridine rings is 1. The van der Waals surface area contributed by atoms with Crippen molar-refractivity contribution in [3.8, 4) is 11.6 Å². The number of hydrogen-bond acceptors (Lipinski definition) is 5. The molecule has 124 valence electrons. The Kier molecular flexibility index (Phi) is 4.59. The van der Waals surface area contributed by atoms with Crippen molar-refractivity contribution in [1.82, 2.24) is 19.5 Å². The molecule has 0 fully saturated rings. The maximum absolute atomic E-state index is 12.4. The van der Waals surface area contributed by atoms with Gasteiger partial charge in [-0.1, -0.05) is 24.3 Å². The number of para-hydroxylation sites is 1. The summed E-state index contributed by atoms with van der Waals surface area (Å²) in [4.78, 5) is 4.15. The molecule has 2 aromatic heterocycles. The number of nitrogens with zero attached hydrogens (tertiary/aromatic N) is 3. The minimum absolute atomic E-state index is 0.104. The lowest BCUT2D eigenvalue weighted by atomic mass is 10.3. The predicted molar refractivity (Wildman–Crippen MR) is 88.4 cm³/mol. The van der Waals surface area contributed by atoms with Gasteiger partial charge in [-0.25, -0.2) is 22.8 Å². The molecule has 0 saturated heterocycles. The van der Waals surface area contributed by atoms with Gasteiger partial charge in [0.15, 0.2) is 0 Å². The van der Waals surface area contributed by atoms with Crippen molar-refractivity contribution in [1.29, 1.82) is 0 Å². The molecule has 0 aliphatic carbocycles. The highest BCUT2D eigenvalue weighted by molar-refractivity contribution is 7.89. The van der Waals surface area contributed by atoms with Crippen molar-refractivity contribution in [3.63, 3.8) is 0 Å². The summed E-state index contributed by atoms with van der Waals surface area (Å²) in [7, 11) is -2.13. The van der Waals surface area contributed by atoms with Crippen molar-refractivity contribution in [2.24, 2.45) is 0 Å². The van der Waals surface area contributed by atoms with E-state index < -0.39 is 10.0 Å². The van der Waals surface area contributed by atoms with E-state index in [9.17, 15) is 8.42 Å². The van der Waals surface area contributed by atoms with Crippen LogP contribution in [-0.4, -0.2) is 30.3 Å². The third kappa shape index (κ3) is 3.61. The Morgan fingerprint density at radius 1 is 1.12 bits per heavy atom. The molecule has 1 N–H and O–H groups in total. The van der Waals surface area contributed by atoms with Gasteiger partial charge in [0, 0.05) is 18.8 Å². The van der Waals surface area contributed by atoms with Gasteiger partial charge in [0.05, 0.1) is 25.2 Å². The van der Waals surface area contributed by atoms with Crippen LogP contribution in [-0.2, 0) is 16.6 Å². The van der Waals surface area contributed by atoms with Gasteiger partial charge in [-0.15, -0.1) is 0 Å². The van der Waals surface area contributed by atoms with Crippen LogP contribution in [0.3, 0.4) is 0 Å². The summed E-state index contributed by atoms with van der Waals surface area (Å²) in [5.74, 6) is 0.478. The Balaban J connectivity index is 1.72. The van der Waals surface area contributed by atoms with Crippen LogP contribution in [0.4, 0.5) is 0 Å². The van der Waals surface area contributed by atoms with E-state index in [1.807, 2.05) is 30.3 Å². The van der Waals surface area contributed by atoms with E-state index in [2.05, 4.69) is 14.8 Å². The standard InChI is InChI=1S/C16H16N4O3S/c1-23-16-8-7-13(9-17-16)10-19-24(21,22)15-11-18-20(12-15)14-5-3-2-4-6-14/h2-9,11-12,19H,10H2,1H3. The van der Waals surface area contributed by atoms with Gasteiger partial charge in [-0.2, -0.15) is 5.10 Å². The molecule has 7 nitrogen and oxygen atoms in total. The van der Waals surface area contributed by atoms with E-state index in [1.165, 1.54) is 24.2 Å². The van der Waals surface area contributed by atoms with Crippen LogP contribution >= 0.6 is 0 Å². The van der Waals surface area contributed by atoms with Crippen molar-refractivity contribution >= 4 is 10.0 Å². The van der Waals surface area contributed by atoms with Gasteiger partial charge in [0.1, 0.15) is 4.90 Å². The summed E-state index contributed by atoms with van der Waals surface area (Å²) in [5.41, 5.74) is 1.52. The molecule has 24 heavy (non-hydrogen) atoms. The summed E-state index contributed by atoms with van der Waals surface area (Å²) in [6.07, 6.45) is 4.36. The molecule has 0 amide bonds. The van der Waals surface area contributed by atoms with Crippen molar-refractivity contribution in [2.75, 3.05) is 7.11 Å². The first-order valence-corrected chi connectivity index (χ1v) is 8.65. The van der Waals surface area contributed by atoms with Crippen LogP contribution in [0.1, 0.15) is 5.56 Å². The zero-order valence-electron chi connectivity index (χ0n) is 13.0. The Labute approximate surface area is 140 Å². The van der Waals surface area contributed by atoms with Crippen LogP contribution in [0, 0.1) is 0 Å². The number of nitrogens with one attached hydrogen (secondary N) is 1. The molecule has 0 spiro atoms. The zero-order chi connectivity index (χ0) is 17.0. The van der Waals surface area contributed by atoms with E-state index in [4.69, 9.17) is 4.74 Å². The van der Waals surface area contributed by atoms with Crippen molar-refractivity contribution in [3.05, 3.63) is 66.6 Å². The lowest BCUT2D eigenvalue weighted by molar-refractivity contribution is 0.397. The number of benzene rings is 1. The van der Waals surface area contributed by atoms with Gasteiger partial charge in [-0.05, 0) is 17.7 Å². The highest BCUT2D eigenvalue weighted by Crippen LogP contribution is 2.13. The minimum atomic E-state index is -3.65. The lowest BCUT2D eigenvalue weighted by Crippen LogP contribution is -2.23. The molecule has 0 bridgehead atoms. The molecule has 0 saturated carbocycles. The van der Waals surface area contributed by atoms with E-state index in [0.717, 1.165) is 11.3 Å². The second kappa shape index (κ2) is 6.81. The maximum atomic E-state index is 12.4. The fourth-order valence-corrected chi connectivity index (χ4v) is 3.01. The number of rotatable bonds is 6. The summed E-state index contributed by atoms with van der Waals surface area (Å²) in [5, 5.41) is 4.10. The van der Waals surface area contributed by atoms with Gasteiger partial charge in [-0.3, -0.25) is 0 Å². The Hall–Kier alpha value is -2.71. The number of methoxy groups -OCH3 is 1. The Bertz CT molecular complexity index is 906. The van der Waals surface area contributed by atoms with Gasteiger partial charge in [0.2, 0.25) is 15.9 Å². The van der Waals surface area contributed by atoms with Gasteiger partial charge in [0.25, 0.3) is 0 Å². The molecule has 3 rings (SSSR count). The maximum Gasteiger partial charge on any atom is 0.244 e. The van der Waals surface area contributed by atoms with Crippen molar-refractivity contribution < 1.29 is 13.2 Å². The summed E-state index contributed by atoms with van der Waals surface area (Å²) in [6.45, 7) is 0.135. The molecule has 0 unspecified atom stereocenters. The topological polar surface area (TPSA) is 86.1 Å². The molecule has 1 aromatic carbocycles. The minimum Gasteiger partial charge on any atom is -0.481 e. The summed E-state index contributed by atoms with van der Waals surface area (Å²) in [6, 6.07) is 12.7. The molecule has 0 atom stereocenters. The first kappa shape index (κ1) is 16.2. The second-order valence-electron chi connectivity index (χ2n) is 4.99. The van der Waals surface area contributed by atoms with E-state index in [-0.39, 0.29) is 11.4 Å². The lowest BCUT2D eigenvalue weighted by Gasteiger charge is -2.05. The van der Waals surface area contributed by atoms with Crippen LogP contribution in [0.15, 0.2) is 66.0 Å². The van der Waals surface area contributed by atoms with E-state index in [0.29, 0.717) is 5.88 Å². The first-order chi connectivity index (χ1) is 11.6. The highest BCUT2D eigenvalue weighted by Gasteiger charge is 2.16. The summed E-state index contributed by atoms with van der Waals surface area (Å²) >= 11 is 0. The second-order valence-corrected chi connectivity index (χ2v) is 6.76. The normalized spacial score (nSPS) is 11.4. The molecule has 0 radical (unpaired) electrons. The van der Waals surface area contributed by atoms with E-state index in [1.54, 1.807) is 18.3 Å². The fourth-order valence-electron chi connectivity index (χ4n) is 2.06. The molecule has 0 aliphatic rings. The molecule has 8 heteroatoms. The average molecular weight is 344 g/mol. The number of ether oxygens (including phenoxy) is 1. The Morgan fingerprint density at radius 2 is 1.92 bits per heavy atom. The number of sulfonamides is 1. The molecule has 2 heterocycles. The smallest absolute Gasteiger partial charge is 0.244 e. The third-order valence-corrected chi connectivity index (χ3v) is 4.72. The molecular formula is C16H16N4O3S. The van der Waals surface area contributed by atoms with E-state index >= 15 is 0 Å². The molecular weight excluding hydrogens is 328 g/mol. The molecule has 0 aliphatic heterocycles. The number of hydrogen-bond donors (Lipinski definition) is 1. The fraction of sp³-hybridized carbons (Fsp3) is 0.125. The van der Waals surface area contributed by atoms with Crippen LogP contribution in [0.25, 0.3) is 5.69 Å². The van der Waals surface area contributed by atoms with Crippen LogP contribution < -0.4 is 9.46 Å². The largest absolute Gasteiger partial charge is 0.481 e. The van der Waals surface area contributed by atoms with Crippen molar-refractivity contribution in [2.45, 2.75) is 11.4 Å². The summed E-state index contributed by atoms with van der Waals surface area (Å²) < 4.78 is 33.7. The van der Waals surface area contributed by atoms with Crippen LogP contribution in [0.5, 0.6) is 5.88 Å². The zero-order valence-corrected chi connectivity index (χ0v) is 13.8. The number of aromatic nitrogens is 3. The monoisotopic (exact) mass is 344 g/mol. The van der Waals surface area contributed by atoms with Gasteiger partial charge >= 0.3 is 0 Å².